The maximum Gasteiger partial charge on any atom is 0.235 e. The number of hydrogen-bond donors (Lipinski definition) is 0. The Morgan fingerprint density at radius 1 is 0.935 bits per heavy atom. The fourth-order valence-electron chi connectivity index (χ4n) is 3.19. The van der Waals surface area contributed by atoms with Gasteiger partial charge in [0.15, 0.2) is 16.6 Å². The Morgan fingerprint density at radius 2 is 1.32 bits per heavy atom. The number of carbonyl (C=O) groups is 4. The van der Waals surface area contributed by atoms with Crippen LogP contribution in [0.15, 0.2) is 0 Å². The molecular formula is C22H41NO6Si2. The van der Waals surface area contributed by atoms with Gasteiger partial charge in [-0.3, -0.25) is 14.5 Å². The van der Waals surface area contributed by atoms with Crippen molar-refractivity contribution in [1.29, 1.82) is 0 Å². The highest BCUT2D eigenvalue weighted by Gasteiger charge is 2.52. The van der Waals surface area contributed by atoms with Crippen LogP contribution in [0.25, 0.3) is 0 Å². The van der Waals surface area contributed by atoms with Gasteiger partial charge in [0.05, 0.1) is 12.0 Å². The second kappa shape index (κ2) is 9.37. The third kappa shape index (κ3) is 6.00. The molecule has 0 unspecified atom stereocenters. The molecule has 9 heteroatoms. The van der Waals surface area contributed by atoms with Crippen LogP contribution in [0.5, 0.6) is 0 Å². The number of amides is 2. The molecule has 1 aliphatic rings. The van der Waals surface area contributed by atoms with Gasteiger partial charge in [0.1, 0.15) is 24.8 Å². The molecule has 1 saturated heterocycles. The van der Waals surface area contributed by atoms with Gasteiger partial charge in [-0.2, -0.15) is 0 Å². The number of hydrogen-bond acceptors (Lipinski definition) is 6. The Morgan fingerprint density at radius 3 is 1.65 bits per heavy atom. The maximum atomic E-state index is 13.2. The predicted molar refractivity (Wildman–Crippen MR) is 126 cm³/mol. The van der Waals surface area contributed by atoms with E-state index in [1.165, 1.54) is 6.92 Å². The minimum absolute atomic E-state index is 0.145. The van der Waals surface area contributed by atoms with Crippen molar-refractivity contribution in [3.8, 4) is 0 Å². The van der Waals surface area contributed by atoms with Gasteiger partial charge in [-0.25, -0.2) is 0 Å². The summed E-state index contributed by atoms with van der Waals surface area (Å²) in [6.45, 7) is 21.7. The Kier molecular flexibility index (Phi) is 8.42. The van der Waals surface area contributed by atoms with E-state index in [4.69, 9.17) is 8.85 Å². The lowest BCUT2D eigenvalue weighted by Crippen LogP contribution is -2.52. The molecule has 1 aliphatic heterocycles. The largest absolute Gasteiger partial charge is 0.406 e. The van der Waals surface area contributed by atoms with E-state index in [9.17, 15) is 19.2 Å². The van der Waals surface area contributed by atoms with Gasteiger partial charge in [-0.05, 0) is 42.7 Å². The molecule has 7 nitrogen and oxygen atoms in total. The molecule has 4 atom stereocenters. The average molecular weight is 472 g/mol. The summed E-state index contributed by atoms with van der Waals surface area (Å²) in [5.74, 6) is -1.75. The molecule has 0 aliphatic carbocycles. The van der Waals surface area contributed by atoms with E-state index in [0.717, 1.165) is 4.90 Å². The molecular weight excluding hydrogens is 430 g/mol. The zero-order chi connectivity index (χ0) is 24.6. The van der Waals surface area contributed by atoms with Gasteiger partial charge in [-0.1, -0.05) is 41.5 Å². The molecule has 0 spiro atoms. The minimum atomic E-state index is -2.34. The Bertz CT molecular complexity index is 708. The molecule has 178 valence electrons. The van der Waals surface area contributed by atoms with Gasteiger partial charge >= 0.3 is 0 Å². The molecule has 0 radical (unpaired) electrons. The smallest absolute Gasteiger partial charge is 0.235 e. The molecule has 0 aromatic rings. The molecule has 1 fully saturated rings. The summed E-state index contributed by atoms with van der Waals surface area (Å²) in [4.78, 5) is 50.7. The molecule has 1 rings (SSSR count). The summed E-state index contributed by atoms with van der Waals surface area (Å²) in [6, 6.07) is -0.743. The van der Waals surface area contributed by atoms with Crippen LogP contribution in [0.4, 0.5) is 0 Å². The van der Waals surface area contributed by atoms with Crippen LogP contribution in [-0.2, 0) is 28.0 Å². The van der Waals surface area contributed by atoms with Crippen LogP contribution in [0.3, 0.4) is 0 Å². The van der Waals surface area contributed by atoms with Crippen molar-refractivity contribution >= 4 is 41.0 Å². The number of aldehydes is 2. The lowest BCUT2D eigenvalue weighted by Gasteiger charge is -2.40. The van der Waals surface area contributed by atoms with Crippen LogP contribution in [0.2, 0.25) is 36.3 Å². The summed E-state index contributed by atoms with van der Waals surface area (Å²) in [5.41, 5.74) is 0. The monoisotopic (exact) mass is 471 g/mol. The number of rotatable bonds is 8. The number of carbonyl (C=O) groups excluding carboxylic acids is 4. The second-order valence-corrected chi connectivity index (χ2v) is 21.1. The highest BCUT2D eigenvalue weighted by Crippen LogP contribution is 2.41. The van der Waals surface area contributed by atoms with Gasteiger partial charge in [0, 0.05) is 6.92 Å². The molecule has 31 heavy (non-hydrogen) atoms. The van der Waals surface area contributed by atoms with Gasteiger partial charge in [0.2, 0.25) is 11.8 Å². The lowest BCUT2D eigenvalue weighted by molar-refractivity contribution is -0.147. The first-order valence-electron chi connectivity index (χ1n) is 10.9. The van der Waals surface area contributed by atoms with E-state index < -0.39 is 52.6 Å². The molecule has 0 aromatic heterocycles. The third-order valence-electron chi connectivity index (χ3n) is 7.24. The lowest BCUT2D eigenvalue weighted by atomic mass is 9.97. The van der Waals surface area contributed by atoms with Crippen LogP contribution < -0.4 is 0 Å². The van der Waals surface area contributed by atoms with E-state index in [1.54, 1.807) is 0 Å². The normalized spacial score (nSPS) is 22.9. The van der Waals surface area contributed by atoms with E-state index >= 15 is 0 Å². The highest BCUT2D eigenvalue weighted by atomic mass is 28.4. The fraction of sp³-hybridized carbons (Fsp3) is 0.818. The zero-order valence-corrected chi connectivity index (χ0v) is 23.1. The van der Waals surface area contributed by atoms with Crippen molar-refractivity contribution in [3.05, 3.63) is 0 Å². The summed E-state index contributed by atoms with van der Waals surface area (Å²) in [5, 5.41) is -0.291. The van der Waals surface area contributed by atoms with Crippen molar-refractivity contribution in [2.24, 2.45) is 5.92 Å². The third-order valence-corrected chi connectivity index (χ3v) is 16.2. The predicted octanol–water partition coefficient (Wildman–Crippen LogP) is 3.93. The molecule has 0 aromatic carbocycles. The van der Waals surface area contributed by atoms with E-state index in [1.807, 2.05) is 26.2 Å². The van der Waals surface area contributed by atoms with Crippen molar-refractivity contribution in [1.82, 2.24) is 4.90 Å². The van der Waals surface area contributed by atoms with Crippen molar-refractivity contribution < 1.29 is 28.0 Å². The van der Waals surface area contributed by atoms with Crippen LogP contribution in [0, 0.1) is 5.92 Å². The fourth-order valence-corrected chi connectivity index (χ4v) is 5.69. The minimum Gasteiger partial charge on any atom is -0.406 e. The van der Waals surface area contributed by atoms with E-state index in [2.05, 4.69) is 41.5 Å². The molecule has 0 saturated carbocycles. The highest BCUT2D eigenvalue weighted by molar-refractivity contribution is 6.74. The summed E-state index contributed by atoms with van der Waals surface area (Å²) < 4.78 is 12.5. The second-order valence-electron chi connectivity index (χ2n) is 11.6. The summed E-state index contributed by atoms with van der Waals surface area (Å²) in [6.07, 6.45) is -0.385. The molecule has 1 heterocycles. The van der Waals surface area contributed by atoms with Gasteiger partial charge in [0.25, 0.3) is 0 Å². The summed E-state index contributed by atoms with van der Waals surface area (Å²) >= 11 is 0. The number of imide groups is 1. The molecule has 2 amide bonds. The van der Waals surface area contributed by atoms with E-state index in [-0.39, 0.29) is 16.5 Å². The maximum absolute atomic E-state index is 13.2. The first-order valence-corrected chi connectivity index (χ1v) is 16.7. The number of likely N-dealkylation sites (tertiary alicyclic amines) is 1. The Balaban J connectivity index is 3.27. The SMILES string of the molecule is CC(=O)N1C(=O)[C@H]([C@@H](C=O)O[Si](C)(C)C(C)(C)C)C[C@@H]1[C@@H](C=O)O[Si](C)(C)C(C)(C)C. The Hall–Kier alpha value is -1.17. The van der Waals surface area contributed by atoms with Gasteiger partial charge in [-0.15, -0.1) is 0 Å². The van der Waals surface area contributed by atoms with Crippen LogP contribution in [0.1, 0.15) is 54.9 Å². The Labute approximate surface area is 189 Å². The van der Waals surface area contributed by atoms with Crippen molar-refractivity contribution in [2.75, 3.05) is 0 Å². The van der Waals surface area contributed by atoms with Crippen LogP contribution >= 0.6 is 0 Å². The molecule has 0 N–H and O–H groups in total. The van der Waals surface area contributed by atoms with E-state index in [0.29, 0.717) is 12.6 Å². The average Bonchev–Trinajstić information content (AvgIpc) is 2.92. The van der Waals surface area contributed by atoms with Crippen molar-refractivity contribution in [3.63, 3.8) is 0 Å². The standard InChI is InChI=1S/C22H41NO6Si2/c1-15(26)23-17(19(14-25)29-31(10,11)22(5,6)7)12-16(20(23)27)18(13-24)28-30(8,9)21(2,3)4/h13-14,16-19H,12H2,1-11H3/t16-,17+,18+,19+/m0/s1. The number of nitrogens with zero attached hydrogens (tertiary/aromatic N) is 1. The first-order chi connectivity index (χ1) is 13.8. The topological polar surface area (TPSA) is 90.0 Å². The van der Waals surface area contributed by atoms with Crippen LogP contribution in [-0.4, -0.2) is 64.2 Å². The van der Waals surface area contributed by atoms with Gasteiger partial charge < -0.3 is 18.4 Å². The first kappa shape index (κ1) is 27.9. The summed E-state index contributed by atoms with van der Waals surface area (Å²) in [7, 11) is -4.67. The molecule has 0 bridgehead atoms. The van der Waals surface area contributed by atoms with Crippen molar-refractivity contribution in [2.45, 2.75) is 109 Å². The quantitative estimate of drug-likeness (QED) is 0.393. The zero-order valence-electron chi connectivity index (χ0n) is 21.1.